The van der Waals surface area contributed by atoms with Crippen LogP contribution in [0.3, 0.4) is 0 Å². The second-order valence-electron chi connectivity index (χ2n) is 5.96. The van der Waals surface area contributed by atoms with E-state index in [0.717, 1.165) is 5.56 Å². The van der Waals surface area contributed by atoms with Crippen LogP contribution in [0, 0.1) is 10.1 Å². The lowest BCUT2D eigenvalue weighted by molar-refractivity contribution is -0.385. The summed E-state index contributed by atoms with van der Waals surface area (Å²) in [5, 5.41) is 14.0. The van der Waals surface area contributed by atoms with Gasteiger partial charge in [0.2, 0.25) is 5.60 Å². The quantitative estimate of drug-likeness (QED) is 0.396. The first-order valence-electron chi connectivity index (χ1n) is 7.86. The molecule has 0 aliphatic carbocycles. The van der Waals surface area contributed by atoms with Crippen molar-refractivity contribution in [3.05, 3.63) is 79.6 Å². The molecule has 27 heavy (non-hydrogen) atoms. The van der Waals surface area contributed by atoms with Gasteiger partial charge in [-0.2, -0.15) is 0 Å². The minimum atomic E-state index is -1.50. The number of carbonyl (C=O) groups is 1. The molecule has 0 spiro atoms. The average Bonchev–Trinajstić information content (AvgIpc) is 3.23. The number of nitrogens with zero attached hydrogens (tertiary/aromatic N) is 2. The van der Waals surface area contributed by atoms with E-state index in [-0.39, 0.29) is 5.69 Å². The number of ether oxygens (including phenoxy) is 1. The number of para-hydroxylation sites is 1. The highest BCUT2D eigenvalue weighted by molar-refractivity contribution is 7.10. The Bertz CT molecular complexity index is 1050. The van der Waals surface area contributed by atoms with Gasteiger partial charge in [-0.25, -0.2) is 4.98 Å². The molecule has 4 rings (SSSR count). The van der Waals surface area contributed by atoms with E-state index >= 15 is 0 Å². The summed E-state index contributed by atoms with van der Waals surface area (Å²) in [5.41, 5.74) is 5.74. The number of carbonyl (C=O) groups excluding carboxylic acids is 1. The third kappa shape index (κ3) is 2.87. The minimum Gasteiger partial charge on any atom is -0.367 e. The number of nitro groups is 1. The van der Waals surface area contributed by atoms with Gasteiger partial charge in [-0.3, -0.25) is 14.9 Å². The van der Waals surface area contributed by atoms with E-state index in [9.17, 15) is 14.9 Å². The first kappa shape index (κ1) is 17.6. The lowest BCUT2D eigenvalue weighted by atomic mass is 9.98. The smallest absolute Gasteiger partial charge is 0.275 e. The highest BCUT2D eigenvalue weighted by Crippen LogP contribution is 2.59. The number of epoxide rings is 1. The van der Waals surface area contributed by atoms with Crippen molar-refractivity contribution in [3.8, 4) is 11.3 Å². The van der Waals surface area contributed by atoms with Crippen LogP contribution >= 0.6 is 22.9 Å². The normalized spacial score (nSPS) is 21.0. The topological polar surface area (TPSA) is 112 Å². The number of benzene rings is 2. The Morgan fingerprint density at radius 2 is 1.96 bits per heavy atom. The summed E-state index contributed by atoms with van der Waals surface area (Å²) in [6.45, 7) is 0. The Morgan fingerprint density at radius 3 is 2.63 bits per heavy atom. The van der Waals surface area contributed by atoms with Crippen LogP contribution in [-0.2, 0) is 15.1 Å². The summed E-state index contributed by atoms with van der Waals surface area (Å²) in [6, 6.07) is 13.2. The van der Waals surface area contributed by atoms with Crippen molar-refractivity contribution in [2.45, 2.75) is 11.7 Å². The predicted molar refractivity (Wildman–Crippen MR) is 100 cm³/mol. The molecule has 1 amide bonds. The number of thiazole rings is 1. The molecule has 9 heteroatoms. The van der Waals surface area contributed by atoms with Gasteiger partial charge in [-0.15, -0.1) is 11.3 Å². The summed E-state index contributed by atoms with van der Waals surface area (Å²) in [5.74, 6) is -0.734. The fraction of sp³-hybridized carbons (Fsp3) is 0.111. The van der Waals surface area contributed by atoms with Gasteiger partial charge in [0, 0.05) is 22.0 Å². The first-order valence-corrected chi connectivity index (χ1v) is 9.12. The van der Waals surface area contributed by atoms with Gasteiger partial charge in [0.15, 0.2) is 0 Å². The largest absolute Gasteiger partial charge is 0.367 e. The molecular weight excluding hydrogens is 390 g/mol. The summed E-state index contributed by atoms with van der Waals surface area (Å²) < 4.78 is 5.65. The molecule has 1 aromatic heterocycles. The lowest BCUT2D eigenvalue weighted by Gasteiger charge is -2.06. The summed E-state index contributed by atoms with van der Waals surface area (Å²) in [4.78, 5) is 27.5. The van der Waals surface area contributed by atoms with Crippen molar-refractivity contribution >= 4 is 34.5 Å². The number of primary amides is 1. The maximum atomic E-state index is 12.2. The van der Waals surface area contributed by atoms with Crippen molar-refractivity contribution in [1.82, 2.24) is 4.98 Å². The summed E-state index contributed by atoms with van der Waals surface area (Å²) in [6.07, 6.45) is -0.846. The molecule has 1 saturated heterocycles. The maximum Gasteiger partial charge on any atom is 0.275 e. The molecule has 2 heterocycles. The van der Waals surface area contributed by atoms with Crippen molar-refractivity contribution < 1.29 is 14.5 Å². The average molecular weight is 402 g/mol. The Balaban J connectivity index is 1.73. The van der Waals surface area contributed by atoms with Gasteiger partial charge in [0.25, 0.3) is 11.6 Å². The van der Waals surface area contributed by atoms with E-state index in [1.807, 2.05) is 12.1 Å². The van der Waals surface area contributed by atoms with Gasteiger partial charge in [-0.05, 0) is 18.2 Å². The zero-order valence-corrected chi connectivity index (χ0v) is 15.2. The highest BCUT2D eigenvalue weighted by Gasteiger charge is 2.67. The molecule has 0 bridgehead atoms. The zero-order valence-electron chi connectivity index (χ0n) is 13.7. The third-order valence-electron chi connectivity index (χ3n) is 4.36. The molecule has 1 aliphatic heterocycles. The number of nitrogens with two attached hydrogens (primary N) is 1. The first-order chi connectivity index (χ1) is 12.9. The number of aromatic nitrogens is 1. The molecule has 2 atom stereocenters. The number of rotatable bonds is 5. The second-order valence-corrected chi connectivity index (χ2v) is 7.25. The van der Waals surface area contributed by atoms with E-state index in [1.54, 1.807) is 35.7 Å². The Hall–Kier alpha value is -2.81. The molecular formula is C18H12ClN3O4S. The van der Waals surface area contributed by atoms with Crippen LogP contribution in [0.4, 0.5) is 5.69 Å². The van der Waals surface area contributed by atoms with E-state index < -0.39 is 22.5 Å². The van der Waals surface area contributed by atoms with Gasteiger partial charge >= 0.3 is 0 Å². The lowest BCUT2D eigenvalue weighted by Crippen LogP contribution is -2.30. The van der Waals surface area contributed by atoms with Crippen molar-refractivity contribution in [2.75, 3.05) is 0 Å². The van der Waals surface area contributed by atoms with E-state index in [1.165, 1.54) is 17.4 Å². The van der Waals surface area contributed by atoms with Gasteiger partial charge in [-0.1, -0.05) is 35.9 Å². The predicted octanol–water partition coefficient (Wildman–Crippen LogP) is 3.82. The molecule has 0 radical (unpaired) electrons. The number of amides is 1. The number of nitro benzene ring substituents is 1. The Labute approximate surface area is 162 Å². The van der Waals surface area contributed by atoms with Crippen LogP contribution < -0.4 is 5.73 Å². The Morgan fingerprint density at radius 1 is 1.26 bits per heavy atom. The SMILES string of the molecule is NC(=O)[C@]1(c2nc(-c3ccc(Cl)cc3)cs2)O[C@H]1c1ccccc1[N+](=O)[O-]. The summed E-state index contributed by atoms with van der Waals surface area (Å²) >= 11 is 7.12. The van der Waals surface area contributed by atoms with Crippen LogP contribution in [0.15, 0.2) is 53.9 Å². The van der Waals surface area contributed by atoms with Crippen LogP contribution in [0.2, 0.25) is 5.02 Å². The minimum absolute atomic E-state index is 0.125. The van der Waals surface area contributed by atoms with Gasteiger partial charge < -0.3 is 10.5 Å². The number of halogens is 1. The fourth-order valence-corrected chi connectivity index (χ4v) is 4.08. The molecule has 0 saturated carbocycles. The van der Waals surface area contributed by atoms with Crippen molar-refractivity contribution in [2.24, 2.45) is 5.73 Å². The zero-order chi connectivity index (χ0) is 19.2. The summed E-state index contributed by atoms with van der Waals surface area (Å²) in [7, 11) is 0. The molecule has 1 aliphatic rings. The number of hydrogen-bond donors (Lipinski definition) is 1. The van der Waals surface area contributed by atoms with Crippen molar-refractivity contribution in [3.63, 3.8) is 0 Å². The molecule has 2 aromatic carbocycles. The molecule has 1 fully saturated rings. The standard InChI is InChI=1S/C18H12ClN3O4S/c19-11-7-5-10(6-8-11)13-9-27-17(21-13)18(16(20)23)15(26-18)12-3-1-2-4-14(12)22(24)25/h1-9,15H,(H2,20,23)/t15-,18+/m0/s1. The van der Waals surface area contributed by atoms with Crippen LogP contribution in [0.1, 0.15) is 16.7 Å². The monoisotopic (exact) mass is 401 g/mol. The van der Waals surface area contributed by atoms with Crippen LogP contribution in [0.5, 0.6) is 0 Å². The maximum absolute atomic E-state index is 12.2. The van der Waals surface area contributed by atoms with Crippen LogP contribution in [0.25, 0.3) is 11.3 Å². The number of hydrogen-bond acceptors (Lipinski definition) is 6. The molecule has 2 N–H and O–H groups in total. The van der Waals surface area contributed by atoms with Gasteiger partial charge in [0.1, 0.15) is 11.1 Å². The van der Waals surface area contributed by atoms with E-state index in [2.05, 4.69) is 4.98 Å². The fourth-order valence-electron chi connectivity index (χ4n) is 2.96. The van der Waals surface area contributed by atoms with E-state index in [4.69, 9.17) is 22.1 Å². The molecule has 3 aromatic rings. The van der Waals surface area contributed by atoms with E-state index in [0.29, 0.717) is 21.3 Å². The highest BCUT2D eigenvalue weighted by atomic mass is 35.5. The second kappa shape index (κ2) is 6.41. The van der Waals surface area contributed by atoms with Crippen molar-refractivity contribution in [1.29, 1.82) is 0 Å². The molecule has 0 unspecified atom stereocenters. The Kier molecular flexibility index (Phi) is 4.18. The van der Waals surface area contributed by atoms with Gasteiger partial charge in [0.05, 0.1) is 16.2 Å². The molecule has 7 nitrogen and oxygen atoms in total. The third-order valence-corrected chi connectivity index (χ3v) is 5.57. The molecule has 136 valence electrons. The van der Waals surface area contributed by atoms with Crippen LogP contribution in [-0.4, -0.2) is 15.8 Å².